The number of carbonyl (C=O) groups is 1. The first kappa shape index (κ1) is 12.7. The summed E-state index contributed by atoms with van der Waals surface area (Å²) >= 11 is 1.33. The fourth-order valence-electron chi connectivity index (χ4n) is 0.748. The van der Waals surface area contributed by atoms with Gasteiger partial charge in [0.15, 0.2) is 0 Å². The average molecular weight is 207 g/mol. The summed E-state index contributed by atoms with van der Waals surface area (Å²) in [6, 6.07) is -0.121. The van der Waals surface area contributed by atoms with Crippen LogP contribution in [-0.4, -0.2) is 41.3 Å². The lowest BCUT2D eigenvalue weighted by atomic mass is 10.3. The van der Waals surface area contributed by atoms with E-state index in [1.54, 1.807) is 13.8 Å². The SMILES string of the molecule is CCOC(=O)CSC(CO)C(C)N. The molecule has 2 unspecified atom stereocenters. The minimum Gasteiger partial charge on any atom is -0.465 e. The smallest absolute Gasteiger partial charge is 0.315 e. The van der Waals surface area contributed by atoms with Crippen molar-refractivity contribution >= 4 is 17.7 Å². The van der Waals surface area contributed by atoms with Crippen molar-refractivity contribution in [3.8, 4) is 0 Å². The molecule has 13 heavy (non-hydrogen) atoms. The van der Waals surface area contributed by atoms with Crippen LogP contribution in [0.5, 0.6) is 0 Å². The Labute approximate surface area is 82.8 Å². The maximum absolute atomic E-state index is 10.9. The molecule has 0 aliphatic carbocycles. The predicted molar refractivity (Wildman–Crippen MR) is 53.6 cm³/mol. The first-order valence-electron chi connectivity index (χ1n) is 4.25. The molecule has 0 heterocycles. The van der Waals surface area contributed by atoms with Gasteiger partial charge < -0.3 is 15.6 Å². The van der Waals surface area contributed by atoms with Crippen LogP contribution in [0.1, 0.15) is 13.8 Å². The Balaban J connectivity index is 3.65. The quantitative estimate of drug-likeness (QED) is 0.599. The van der Waals surface area contributed by atoms with Crippen molar-refractivity contribution in [1.82, 2.24) is 0 Å². The Kier molecular flexibility index (Phi) is 7.03. The first-order valence-corrected chi connectivity index (χ1v) is 5.30. The van der Waals surface area contributed by atoms with Gasteiger partial charge in [0.2, 0.25) is 0 Å². The van der Waals surface area contributed by atoms with Gasteiger partial charge in [-0.1, -0.05) is 0 Å². The number of hydrogen-bond acceptors (Lipinski definition) is 5. The van der Waals surface area contributed by atoms with Gasteiger partial charge in [0.05, 0.1) is 19.0 Å². The lowest BCUT2D eigenvalue weighted by molar-refractivity contribution is -0.139. The minimum absolute atomic E-state index is 0.0122. The molecular formula is C8H17NO3S. The zero-order valence-corrected chi connectivity index (χ0v) is 8.84. The molecule has 0 aliphatic rings. The number of aliphatic hydroxyl groups excluding tert-OH is 1. The Morgan fingerprint density at radius 2 is 2.31 bits per heavy atom. The number of rotatable bonds is 6. The number of esters is 1. The lowest BCUT2D eigenvalue weighted by Gasteiger charge is -2.16. The summed E-state index contributed by atoms with van der Waals surface area (Å²) in [5.41, 5.74) is 5.57. The van der Waals surface area contributed by atoms with Crippen molar-refractivity contribution in [1.29, 1.82) is 0 Å². The molecule has 2 atom stereocenters. The summed E-state index contributed by atoms with van der Waals surface area (Å²) < 4.78 is 4.73. The summed E-state index contributed by atoms with van der Waals surface area (Å²) in [6.07, 6.45) is 0. The van der Waals surface area contributed by atoms with E-state index >= 15 is 0 Å². The molecule has 0 aliphatic heterocycles. The first-order chi connectivity index (χ1) is 6.11. The van der Waals surface area contributed by atoms with E-state index in [0.29, 0.717) is 6.61 Å². The molecule has 0 amide bonds. The third-order valence-electron chi connectivity index (χ3n) is 1.49. The highest BCUT2D eigenvalue weighted by Crippen LogP contribution is 2.13. The van der Waals surface area contributed by atoms with Crippen molar-refractivity contribution in [3.05, 3.63) is 0 Å². The van der Waals surface area contributed by atoms with Crippen LogP contribution < -0.4 is 5.73 Å². The van der Waals surface area contributed by atoms with Gasteiger partial charge >= 0.3 is 5.97 Å². The Morgan fingerprint density at radius 3 is 2.69 bits per heavy atom. The summed E-state index contributed by atoms with van der Waals surface area (Å²) in [5.74, 6) is -0.00718. The van der Waals surface area contributed by atoms with Gasteiger partial charge in [-0.3, -0.25) is 4.79 Å². The second kappa shape index (κ2) is 7.17. The maximum Gasteiger partial charge on any atom is 0.315 e. The van der Waals surface area contributed by atoms with E-state index in [0.717, 1.165) is 0 Å². The van der Waals surface area contributed by atoms with Gasteiger partial charge in [-0.05, 0) is 13.8 Å². The molecule has 0 aromatic carbocycles. The van der Waals surface area contributed by atoms with E-state index in [-0.39, 0.29) is 29.6 Å². The summed E-state index contributed by atoms with van der Waals surface area (Å²) in [4.78, 5) is 10.9. The van der Waals surface area contributed by atoms with Crippen LogP contribution in [0.3, 0.4) is 0 Å². The van der Waals surface area contributed by atoms with Crippen molar-refractivity contribution in [3.63, 3.8) is 0 Å². The van der Waals surface area contributed by atoms with Crippen molar-refractivity contribution in [2.75, 3.05) is 19.0 Å². The molecule has 0 saturated carbocycles. The third kappa shape index (κ3) is 5.90. The van der Waals surface area contributed by atoms with Crippen LogP contribution in [0.25, 0.3) is 0 Å². The van der Waals surface area contributed by atoms with E-state index in [1.165, 1.54) is 11.8 Å². The maximum atomic E-state index is 10.9. The third-order valence-corrected chi connectivity index (χ3v) is 2.90. The monoisotopic (exact) mass is 207 g/mol. The van der Waals surface area contributed by atoms with Crippen LogP contribution in [0.2, 0.25) is 0 Å². The summed E-state index contributed by atoms with van der Waals surface area (Å²) in [6.45, 7) is 3.94. The Hall–Kier alpha value is -0.260. The molecule has 0 radical (unpaired) electrons. The summed E-state index contributed by atoms with van der Waals surface area (Å²) in [5, 5.41) is 8.79. The van der Waals surface area contributed by atoms with E-state index in [4.69, 9.17) is 15.6 Å². The highest BCUT2D eigenvalue weighted by molar-refractivity contribution is 8.00. The van der Waals surface area contributed by atoms with Crippen LogP contribution in [0, 0.1) is 0 Å². The zero-order chi connectivity index (χ0) is 10.3. The second-order valence-corrected chi connectivity index (χ2v) is 3.92. The number of ether oxygens (including phenoxy) is 1. The van der Waals surface area contributed by atoms with Gasteiger partial charge in [0.1, 0.15) is 0 Å². The van der Waals surface area contributed by atoms with E-state index in [9.17, 15) is 4.79 Å². The number of aliphatic hydroxyl groups is 1. The summed E-state index contributed by atoms with van der Waals surface area (Å²) in [7, 11) is 0. The number of hydrogen-bond donors (Lipinski definition) is 2. The van der Waals surface area contributed by atoms with Crippen LogP contribution >= 0.6 is 11.8 Å². The molecule has 0 aromatic rings. The van der Waals surface area contributed by atoms with Crippen LogP contribution in [-0.2, 0) is 9.53 Å². The predicted octanol–water partition coefficient (Wildman–Crippen LogP) is -0.00920. The van der Waals surface area contributed by atoms with E-state index < -0.39 is 0 Å². The van der Waals surface area contributed by atoms with E-state index in [2.05, 4.69) is 0 Å². The minimum atomic E-state index is -0.258. The highest BCUT2D eigenvalue weighted by atomic mass is 32.2. The molecule has 78 valence electrons. The van der Waals surface area contributed by atoms with Crippen molar-refractivity contribution < 1.29 is 14.6 Å². The van der Waals surface area contributed by atoms with Crippen molar-refractivity contribution in [2.45, 2.75) is 25.1 Å². The lowest BCUT2D eigenvalue weighted by Crippen LogP contribution is -2.32. The molecule has 0 rings (SSSR count). The van der Waals surface area contributed by atoms with Gasteiger partial charge in [-0.25, -0.2) is 0 Å². The fraction of sp³-hybridized carbons (Fsp3) is 0.875. The number of carbonyl (C=O) groups excluding carboxylic acids is 1. The van der Waals surface area contributed by atoms with Crippen LogP contribution in [0.15, 0.2) is 0 Å². The molecule has 0 fully saturated rings. The Bertz CT molecular complexity index is 152. The van der Waals surface area contributed by atoms with Gasteiger partial charge in [0.25, 0.3) is 0 Å². The zero-order valence-electron chi connectivity index (χ0n) is 8.03. The number of thioether (sulfide) groups is 1. The molecular weight excluding hydrogens is 190 g/mol. The highest BCUT2D eigenvalue weighted by Gasteiger charge is 2.15. The molecule has 5 heteroatoms. The topological polar surface area (TPSA) is 72.5 Å². The fourth-order valence-corrected chi connectivity index (χ4v) is 1.59. The van der Waals surface area contributed by atoms with Gasteiger partial charge in [-0.15, -0.1) is 11.8 Å². The largest absolute Gasteiger partial charge is 0.465 e. The standard InChI is InChI=1S/C8H17NO3S/c1-3-12-8(11)5-13-7(4-10)6(2)9/h6-7,10H,3-5,9H2,1-2H3. The Morgan fingerprint density at radius 1 is 1.69 bits per heavy atom. The molecule has 3 N–H and O–H groups in total. The number of nitrogens with two attached hydrogens (primary N) is 1. The second-order valence-electron chi connectivity index (χ2n) is 2.70. The van der Waals surface area contributed by atoms with Gasteiger partial charge in [-0.2, -0.15) is 0 Å². The normalized spacial score (nSPS) is 15.1. The molecule has 4 nitrogen and oxygen atoms in total. The molecule has 0 aromatic heterocycles. The van der Waals surface area contributed by atoms with Crippen LogP contribution in [0.4, 0.5) is 0 Å². The van der Waals surface area contributed by atoms with Gasteiger partial charge in [0, 0.05) is 11.3 Å². The average Bonchev–Trinajstić information content (AvgIpc) is 2.05. The molecule has 0 bridgehead atoms. The molecule has 0 spiro atoms. The molecule has 0 saturated heterocycles. The van der Waals surface area contributed by atoms with Crippen molar-refractivity contribution in [2.24, 2.45) is 5.73 Å². The van der Waals surface area contributed by atoms with E-state index in [1.807, 2.05) is 0 Å².